The molecule has 0 spiro atoms. The lowest BCUT2D eigenvalue weighted by molar-refractivity contribution is 0.102. The van der Waals surface area contributed by atoms with E-state index in [1.807, 2.05) is 0 Å². The highest BCUT2D eigenvalue weighted by molar-refractivity contribution is 9.10. The number of aromatic nitrogens is 2. The third-order valence-corrected chi connectivity index (χ3v) is 3.83. The van der Waals surface area contributed by atoms with Crippen molar-refractivity contribution in [2.24, 2.45) is 0 Å². The molecule has 1 aromatic heterocycles. The molecule has 25 heavy (non-hydrogen) atoms. The second-order valence-electron chi connectivity index (χ2n) is 5.14. The SMILES string of the molecule is O=C(Nc1ccnnc1)c1cc(Br)ccc1OCc1ccc(F)cc1. The molecule has 2 aromatic carbocycles. The van der Waals surface area contributed by atoms with Crippen LogP contribution in [0.4, 0.5) is 10.1 Å². The van der Waals surface area contributed by atoms with E-state index < -0.39 is 0 Å². The molecule has 0 saturated heterocycles. The third kappa shape index (κ3) is 4.60. The minimum Gasteiger partial charge on any atom is -0.488 e. The van der Waals surface area contributed by atoms with Crippen LogP contribution in [0.1, 0.15) is 15.9 Å². The Kier molecular flexibility index (Phi) is 5.35. The number of nitrogens with one attached hydrogen (secondary N) is 1. The molecule has 0 fully saturated rings. The van der Waals surface area contributed by atoms with Gasteiger partial charge < -0.3 is 10.1 Å². The Labute approximate surface area is 152 Å². The Morgan fingerprint density at radius 2 is 1.92 bits per heavy atom. The van der Waals surface area contributed by atoms with Crippen LogP contribution < -0.4 is 10.1 Å². The van der Waals surface area contributed by atoms with E-state index in [2.05, 4.69) is 31.4 Å². The molecule has 0 radical (unpaired) electrons. The first kappa shape index (κ1) is 17.0. The van der Waals surface area contributed by atoms with Crippen molar-refractivity contribution in [2.45, 2.75) is 6.61 Å². The maximum atomic E-state index is 13.0. The van der Waals surface area contributed by atoms with Gasteiger partial charge >= 0.3 is 0 Å². The molecule has 0 bridgehead atoms. The maximum Gasteiger partial charge on any atom is 0.259 e. The highest BCUT2D eigenvalue weighted by Gasteiger charge is 2.14. The number of ether oxygens (including phenoxy) is 1. The average Bonchev–Trinajstić information content (AvgIpc) is 2.63. The molecule has 0 atom stereocenters. The average molecular weight is 402 g/mol. The number of carbonyl (C=O) groups is 1. The number of rotatable bonds is 5. The molecule has 0 saturated carbocycles. The number of carbonyl (C=O) groups excluding carboxylic acids is 1. The second kappa shape index (κ2) is 7.85. The molecule has 3 aromatic rings. The van der Waals surface area contributed by atoms with Crippen LogP contribution in [-0.4, -0.2) is 16.1 Å². The van der Waals surface area contributed by atoms with Crippen molar-refractivity contribution >= 4 is 27.5 Å². The fourth-order valence-electron chi connectivity index (χ4n) is 2.11. The summed E-state index contributed by atoms with van der Waals surface area (Å²) in [6.07, 6.45) is 2.94. The van der Waals surface area contributed by atoms with Gasteiger partial charge in [-0.05, 0) is 42.0 Å². The van der Waals surface area contributed by atoms with E-state index in [1.165, 1.54) is 24.5 Å². The Bertz CT molecular complexity index is 873. The van der Waals surface area contributed by atoms with Crippen molar-refractivity contribution in [2.75, 3.05) is 5.32 Å². The molecule has 1 amide bonds. The Balaban J connectivity index is 1.77. The van der Waals surface area contributed by atoms with Crippen LogP contribution in [0.15, 0.2) is 65.4 Å². The van der Waals surface area contributed by atoms with E-state index in [0.717, 1.165) is 10.0 Å². The summed E-state index contributed by atoms with van der Waals surface area (Å²) < 4.78 is 19.5. The van der Waals surface area contributed by atoms with Gasteiger partial charge in [-0.3, -0.25) is 4.79 Å². The number of amides is 1. The second-order valence-corrected chi connectivity index (χ2v) is 6.06. The molecule has 5 nitrogen and oxygen atoms in total. The van der Waals surface area contributed by atoms with Crippen LogP contribution in [0.2, 0.25) is 0 Å². The molecular formula is C18H13BrFN3O2. The Hall–Kier alpha value is -2.80. The third-order valence-electron chi connectivity index (χ3n) is 3.34. The van der Waals surface area contributed by atoms with Crippen LogP contribution in [0.5, 0.6) is 5.75 Å². The van der Waals surface area contributed by atoms with Crippen LogP contribution in [0.25, 0.3) is 0 Å². The largest absolute Gasteiger partial charge is 0.488 e. The van der Waals surface area contributed by atoms with E-state index in [-0.39, 0.29) is 18.3 Å². The predicted molar refractivity (Wildman–Crippen MR) is 94.9 cm³/mol. The lowest BCUT2D eigenvalue weighted by Crippen LogP contribution is -2.14. The number of hydrogen-bond acceptors (Lipinski definition) is 4. The zero-order chi connectivity index (χ0) is 17.6. The summed E-state index contributed by atoms with van der Waals surface area (Å²) in [6.45, 7) is 0.221. The first-order valence-electron chi connectivity index (χ1n) is 7.36. The Morgan fingerprint density at radius 1 is 1.12 bits per heavy atom. The first-order valence-corrected chi connectivity index (χ1v) is 8.16. The molecule has 0 aliphatic rings. The minimum absolute atomic E-state index is 0.221. The van der Waals surface area contributed by atoms with Gasteiger partial charge in [0.25, 0.3) is 5.91 Å². The standard InChI is InChI=1S/C18H13BrFN3O2/c19-13-3-6-17(25-11-12-1-4-14(20)5-2-12)16(9-13)18(24)23-15-7-8-21-22-10-15/h1-10H,11H2,(H,21,23,24). The van der Waals surface area contributed by atoms with Crippen LogP contribution in [0, 0.1) is 5.82 Å². The molecule has 0 aliphatic heterocycles. The summed E-state index contributed by atoms with van der Waals surface area (Å²) >= 11 is 3.35. The smallest absolute Gasteiger partial charge is 0.259 e. The maximum absolute atomic E-state index is 13.0. The van der Waals surface area contributed by atoms with Crippen molar-refractivity contribution in [1.29, 1.82) is 0 Å². The zero-order valence-corrected chi connectivity index (χ0v) is 14.5. The van der Waals surface area contributed by atoms with Crippen molar-refractivity contribution in [3.05, 3.63) is 82.3 Å². The van der Waals surface area contributed by atoms with E-state index in [4.69, 9.17) is 4.74 Å². The van der Waals surface area contributed by atoms with Crippen LogP contribution >= 0.6 is 15.9 Å². The number of nitrogens with zero attached hydrogens (tertiary/aromatic N) is 2. The summed E-state index contributed by atoms with van der Waals surface area (Å²) in [4.78, 5) is 12.5. The van der Waals surface area contributed by atoms with Gasteiger partial charge in [-0.1, -0.05) is 28.1 Å². The number of anilines is 1. The lowest BCUT2D eigenvalue weighted by Gasteiger charge is -2.12. The summed E-state index contributed by atoms with van der Waals surface area (Å²) in [5.74, 6) is -0.214. The minimum atomic E-state index is -0.330. The molecule has 126 valence electrons. The summed E-state index contributed by atoms with van der Waals surface area (Å²) in [6, 6.07) is 12.8. The normalized spacial score (nSPS) is 10.3. The van der Waals surface area contributed by atoms with Crippen molar-refractivity contribution in [1.82, 2.24) is 10.2 Å². The topological polar surface area (TPSA) is 64.1 Å². The van der Waals surface area contributed by atoms with Gasteiger partial charge in [0.1, 0.15) is 18.2 Å². The first-order chi connectivity index (χ1) is 12.1. The van der Waals surface area contributed by atoms with E-state index in [0.29, 0.717) is 17.0 Å². The van der Waals surface area contributed by atoms with Crippen molar-refractivity contribution < 1.29 is 13.9 Å². The molecule has 7 heteroatoms. The fourth-order valence-corrected chi connectivity index (χ4v) is 2.47. The lowest BCUT2D eigenvalue weighted by atomic mass is 10.2. The van der Waals surface area contributed by atoms with Crippen LogP contribution in [-0.2, 0) is 6.61 Å². The van der Waals surface area contributed by atoms with E-state index >= 15 is 0 Å². The van der Waals surface area contributed by atoms with E-state index in [9.17, 15) is 9.18 Å². The van der Waals surface area contributed by atoms with Crippen molar-refractivity contribution in [3.8, 4) is 5.75 Å². The van der Waals surface area contributed by atoms with Gasteiger partial charge in [0, 0.05) is 4.47 Å². The molecule has 1 N–H and O–H groups in total. The zero-order valence-electron chi connectivity index (χ0n) is 12.9. The highest BCUT2D eigenvalue weighted by atomic mass is 79.9. The summed E-state index contributed by atoms with van der Waals surface area (Å²) in [5, 5.41) is 10.1. The molecule has 0 aliphatic carbocycles. The number of hydrogen-bond donors (Lipinski definition) is 1. The molecule has 1 heterocycles. The van der Waals surface area contributed by atoms with Gasteiger partial charge in [-0.15, -0.1) is 0 Å². The van der Waals surface area contributed by atoms with E-state index in [1.54, 1.807) is 36.4 Å². The number of benzene rings is 2. The predicted octanol–water partition coefficient (Wildman–Crippen LogP) is 4.21. The Morgan fingerprint density at radius 3 is 2.64 bits per heavy atom. The van der Waals surface area contributed by atoms with Crippen molar-refractivity contribution in [3.63, 3.8) is 0 Å². The quantitative estimate of drug-likeness (QED) is 0.695. The van der Waals surface area contributed by atoms with Crippen LogP contribution in [0.3, 0.4) is 0 Å². The molecule has 0 unspecified atom stereocenters. The highest BCUT2D eigenvalue weighted by Crippen LogP contribution is 2.25. The van der Waals surface area contributed by atoms with Gasteiger partial charge in [0.05, 0.1) is 23.6 Å². The summed E-state index contributed by atoms with van der Waals surface area (Å²) in [7, 11) is 0. The monoisotopic (exact) mass is 401 g/mol. The van der Waals surface area contributed by atoms with Gasteiger partial charge in [0.15, 0.2) is 0 Å². The number of halogens is 2. The fraction of sp³-hybridized carbons (Fsp3) is 0.0556. The molecule has 3 rings (SSSR count). The van der Waals surface area contributed by atoms with Gasteiger partial charge in [-0.25, -0.2) is 4.39 Å². The van der Waals surface area contributed by atoms with Gasteiger partial charge in [-0.2, -0.15) is 10.2 Å². The van der Waals surface area contributed by atoms with Gasteiger partial charge in [0.2, 0.25) is 0 Å². The molecular weight excluding hydrogens is 389 g/mol. The summed E-state index contributed by atoms with van der Waals surface area (Å²) in [5.41, 5.74) is 1.70.